The second-order valence-electron chi connectivity index (χ2n) is 7.23. The molecule has 2 fully saturated rings. The van der Waals surface area contributed by atoms with Crippen molar-refractivity contribution >= 4 is 21.7 Å². The SMILES string of the molecule is O=C(Cc1cccc(O)c1)N[C@@H]1C[C@H](C(=O)N2CCS(=O)(=O)CC2)C[C@H]1O. The van der Waals surface area contributed by atoms with E-state index in [-0.39, 0.29) is 55.0 Å². The maximum atomic E-state index is 12.6. The fourth-order valence-electron chi connectivity index (χ4n) is 3.67. The molecule has 148 valence electrons. The number of hydrogen-bond acceptors (Lipinski definition) is 6. The Bertz CT molecular complexity index is 811. The second-order valence-corrected chi connectivity index (χ2v) is 9.54. The van der Waals surface area contributed by atoms with Crippen molar-refractivity contribution in [1.82, 2.24) is 10.2 Å². The molecular formula is C18H24N2O6S. The third-order valence-corrected chi connectivity index (χ3v) is 6.77. The van der Waals surface area contributed by atoms with Gasteiger partial charge in [-0.15, -0.1) is 0 Å². The fraction of sp³-hybridized carbons (Fsp3) is 0.556. The van der Waals surface area contributed by atoms with Crippen LogP contribution < -0.4 is 5.32 Å². The number of aliphatic hydroxyl groups excluding tert-OH is 1. The van der Waals surface area contributed by atoms with Gasteiger partial charge in [-0.3, -0.25) is 9.59 Å². The van der Waals surface area contributed by atoms with E-state index in [2.05, 4.69) is 5.32 Å². The van der Waals surface area contributed by atoms with E-state index < -0.39 is 27.9 Å². The zero-order chi connectivity index (χ0) is 19.6. The summed E-state index contributed by atoms with van der Waals surface area (Å²) in [5.41, 5.74) is 0.655. The number of nitrogens with one attached hydrogen (secondary N) is 1. The molecule has 1 aromatic carbocycles. The molecule has 1 saturated heterocycles. The van der Waals surface area contributed by atoms with Crippen molar-refractivity contribution in [1.29, 1.82) is 0 Å². The van der Waals surface area contributed by atoms with E-state index in [0.717, 1.165) is 0 Å². The number of amides is 2. The lowest BCUT2D eigenvalue weighted by atomic mass is 10.1. The number of sulfone groups is 1. The minimum absolute atomic E-state index is 0.0297. The zero-order valence-corrected chi connectivity index (χ0v) is 15.7. The second kappa shape index (κ2) is 7.85. The average molecular weight is 396 g/mol. The van der Waals surface area contributed by atoms with Gasteiger partial charge in [0.2, 0.25) is 11.8 Å². The molecule has 3 rings (SSSR count). The van der Waals surface area contributed by atoms with Crippen molar-refractivity contribution in [2.45, 2.75) is 31.4 Å². The molecule has 3 N–H and O–H groups in total. The molecule has 2 aliphatic rings. The summed E-state index contributed by atoms with van der Waals surface area (Å²) in [7, 11) is -3.06. The summed E-state index contributed by atoms with van der Waals surface area (Å²) in [4.78, 5) is 26.3. The molecule has 0 radical (unpaired) electrons. The summed E-state index contributed by atoms with van der Waals surface area (Å²) in [5, 5.41) is 22.4. The van der Waals surface area contributed by atoms with Crippen LogP contribution in [0.1, 0.15) is 18.4 Å². The predicted molar refractivity (Wildman–Crippen MR) is 97.7 cm³/mol. The molecule has 3 atom stereocenters. The first-order valence-electron chi connectivity index (χ1n) is 8.98. The number of aromatic hydroxyl groups is 1. The van der Waals surface area contributed by atoms with E-state index in [0.29, 0.717) is 12.0 Å². The number of benzene rings is 1. The number of hydrogen-bond donors (Lipinski definition) is 3. The Kier molecular flexibility index (Phi) is 5.71. The van der Waals surface area contributed by atoms with E-state index in [1.807, 2.05) is 0 Å². The third kappa shape index (κ3) is 4.98. The van der Waals surface area contributed by atoms with Crippen LogP contribution in [0.25, 0.3) is 0 Å². The van der Waals surface area contributed by atoms with Gasteiger partial charge in [0, 0.05) is 19.0 Å². The lowest BCUT2D eigenvalue weighted by Gasteiger charge is -2.29. The van der Waals surface area contributed by atoms with Crippen molar-refractivity contribution < 1.29 is 28.2 Å². The molecule has 0 bridgehead atoms. The van der Waals surface area contributed by atoms with E-state index in [4.69, 9.17) is 0 Å². The van der Waals surface area contributed by atoms with E-state index in [9.17, 15) is 28.2 Å². The summed E-state index contributed by atoms with van der Waals surface area (Å²) in [6.07, 6.45) is -0.172. The minimum Gasteiger partial charge on any atom is -0.508 e. The predicted octanol–water partition coefficient (Wildman–Crippen LogP) is -0.553. The van der Waals surface area contributed by atoms with E-state index >= 15 is 0 Å². The Hall–Kier alpha value is -2.13. The molecule has 1 aliphatic carbocycles. The van der Waals surface area contributed by atoms with Crippen molar-refractivity contribution in [2.75, 3.05) is 24.6 Å². The Balaban J connectivity index is 1.53. The maximum Gasteiger partial charge on any atom is 0.225 e. The molecule has 0 unspecified atom stereocenters. The van der Waals surface area contributed by atoms with Gasteiger partial charge < -0.3 is 20.4 Å². The standard InChI is InChI=1S/C18H24N2O6S/c21-14-3-1-2-12(8-14)9-17(23)19-15-10-13(11-16(15)22)18(24)20-4-6-27(25,26)7-5-20/h1-3,8,13,15-16,21-22H,4-7,9-11H2,(H,19,23)/t13-,15+,16+/m0/s1. The van der Waals surface area contributed by atoms with Crippen LogP contribution >= 0.6 is 0 Å². The molecular weight excluding hydrogens is 372 g/mol. The Morgan fingerprint density at radius 1 is 1.19 bits per heavy atom. The van der Waals surface area contributed by atoms with Crippen LogP contribution in [0.4, 0.5) is 0 Å². The smallest absolute Gasteiger partial charge is 0.225 e. The average Bonchev–Trinajstić information content (AvgIpc) is 2.95. The van der Waals surface area contributed by atoms with Crippen molar-refractivity contribution in [3.8, 4) is 5.75 Å². The van der Waals surface area contributed by atoms with Crippen molar-refractivity contribution in [3.05, 3.63) is 29.8 Å². The molecule has 0 spiro atoms. The van der Waals surface area contributed by atoms with Crippen LogP contribution in [-0.2, 0) is 25.8 Å². The van der Waals surface area contributed by atoms with Crippen LogP contribution in [0.15, 0.2) is 24.3 Å². The number of rotatable bonds is 4. The summed E-state index contributed by atoms with van der Waals surface area (Å²) < 4.78 is 23.0. The number of carbonyl (C=O) groups is 2. The normalized spacial score (nSPS) is 27.3. The molecule has 1 saturated carbocycles. The Labute approximate surface area is 158 Å². The van der Waals surface area contributed by atoms with Gasteiger partial charge in [-0.25, -0.2) is 8.42 Å². The number of phenols is 1. The van der Waals surface area contributed by atoms with Gasteiger partial charge in [0.25, 0.3) is 0 Å². The number of nitrogens with zero attached hydrogens (tertiary/aromatic N) is 1. The molecule has 27 heavy (non-hydrogen) atoms. The maximum absolute atomic E-state index is 12.6. The van der Waals surface area contributed by atoms with Crippen LogP contribution in [0.2, 0.25) is 0 Å². The first-order valence-corrected chi connectivity index (χ1v) is 10.8. The highest BCUT2D eigenvalue weighted by molar-refractivity contribution is 7.91. The molecule has 2 amide bonds. The molecule has 1 aromatic rings. The molecule has 1 heterocycles. The minimum atomic E-state index is -3.06. The monoisotopic (exact) mass is 396 g/mol. The lowest BCUT2D eigenvalue weighted by Crippen LogP contribution is -2.46. The highest BCUT2D eigenvalue weighted by Crippen LogP contribution is 2.28. The topological polar surface area (TPSA) is 124 Å². The van der Waals surface area contributed by atoms with Crippen molar-refractivity contribution in [3.63, 3.8) is 0 Å². The van der Waals surface area contributed by atoms with Gasteiger partial charge in [-0.05, 0) is 30.5 Å². The quantitative estimate of drug-likeness (QED) is 0.627. The molecule has 0 aromatic heterocycles. The fourth-order valence-corrected chi connectivity index (χ4v) is 4.87. The Morgan fingerprint density at radius 3 is 2.56 bits per heavy atom. The number of carbonyl (C=O) groups excluding carboxylic acids is 2. The van der Waals surface area contributed by atoms with Crippen LogP contribution in [0.5, 0.6) is 5.75 Å². The van der Waals surface area contributed by atoms with Gasteiger partial charge in [0.05, 0.1) is 30.1 Å². The van der Waals surface area contributed by atoms with Gasteiger partial charge in [-0.1, -0.05) is 12.1 Å². The summed E-state index contributed by atoms with van der Waals surface area (Å²) in [6, 6.07) is 5.88. The first-order chi connectivity index (χ1) is 12.7. The Morgan fingerprint density at radius 2 is 1.89 bits per heavy atom. The third-order valence-electron chi connectivity index (χ3n) is 5.16. The van der Waals surface area contributed by atoms with Crippen LogP contribution in [0.3, 0.4) is 0 Å². The van der Waals surface area contributed by atoms with Crippen molar-refractivity contribution in [2.24, 2.45) is 5.92 Å². The van der Waals surface area contributed by atoms with E-state index in [1.165, 1.54) is 17.0 Å². The summed E-state index contributed by atoms with van der Waals surface area (Å²) in [5.74, 6) is -0.853. The number of phenolic OH excluding ortho intramolecular Hbond substituents is 1. The van der Waals surface area contributed by atoms with Gasteiger partial charge in [0.1, 0.15) is 5.75 Å². The largest absolute Gasteiger partial charge is 0.508 e. The molecule has 1 aliphatic heterocycles. The molecule has 8 nitrogen and oxygen atoms in total. The molecule has 9 heteroatoms. The van der Waals surface area contributed by atoms with Gasteiger partial charge in [0.15, 0.2) is 9.84 Å². The first kappa shape index (κ1) is 19.6. The van der Waals surface area contributed by atoms with Crippen LogP contribution in [0, 0.1) is 5.92 Å². The van der Waals surface area contributed by atoms with E-state index in [1.54, 1.807) is 12.1 Å². The van der Waals surface area contributed by atoms with Crippen LogP contribution in [-0.4, -0.2) is 72.1 Å². The highest BCUT2D eigenvalue weighted by Gasteiger charge is 2.40. The highest BCUT2D eigenvalue weighted by atomic mass is 32.2. The lowest BCUT2D eigenvalue weighted by molar-refractivity contribution is -0.135. The number of aliphatic hydroxyl groups is 1. The van der Waals surface area contributed by atoms with Gasteiger partial charge in [-0.2, -0.15) is 0 Å². The van der Waals surface area contributed by atoms with Gasteiger partial charge >= 0.3 is 0 Å². The summed E-state index contributed by atoms with van der Waals surface area (Å²) >= 11 is 0. The zero-order valence-electron chi connectivity index (χ0n) is 14.9. The summed E-state index contributed by atoms with van der Waals surface area (Å²) in [6.45, 7) is 0.366.